The maximum absolute atomic E-state index is 12.1. The van der Waals surface area contributed by atoms with E-state index < -0.39 is 0 Å². The van der Waals surface area contributed by atoms with Gasteiger partial charge in [-0.05, 0) is 36.1 Å². The monoisotopic (exact) mass is 329 g/mol. The van der Waals surface area contributed by atoms with Crippen LogP contribution in [0, 0.1) is 0 Å². The molecule has 0 bridgehead atoms. The van der Waals surface area contributed by atoms with Gasteiger partial charge in [-0.2, -0.15) is 0 Å². The first-order valence-corrected chi connectivity index (χ1v) is 8.04. The molecule has 2 rings (SSSR count). The van der Waals surface area contributed by atoms with Crippen molar-refractivity contribution in [3.8, 4) is 0 Å². The van der Waals surface area contributed by atoms with Crippen LogP contribution in [-0.4, -0.2) is 42.8 Å². The van der Waals surface area contributed by atoms with Crippen LogP contribution in [0.25, 0.3) is 0 Å². The van der Waals surface area contributed by atoms with E-state index in [1.807, 2.05) is 12.1 Å². The predicted molar refractivity (Wildman–Crippen MR) is 92.7 cm³/mol. The minimum atomic E-state index is -0.304. The van der Waals surface area contributed by atoms with Gasteiger partial charge in [0.05, 0.1) is 12.5 Å². The third-order valence-electron chi connectivity index (χ3n) is 4.16. The molecule has 1 aromatic rings. The molecule has 1 aliphatic heterocycles. The molecule has 6 heteroatoms. The van der Waals surface area contributed by atoms with Gasteiger partial charge < -0.3 is 15.5 Å². The van der Waals surface area contributed by atoms with Crippen LogP contribution in [0.4, 0.5) is 5.69 Å². The molecule has 0 fully saturated rings. The highest BCUT2D eigenvalue weighted by molar-refractivity contribution is 6.03. The van der Waals surface area contributed by atoms with Crippen LogP contribution < -0.4 is 10.6 Å². The van der Waals surface area contributed by atoms with Gasteiger partial charge in [-0.25, -0.2) is 0 Å². The quantitative estimate of drug-likeness (QED) is 0.743. The zero-order chi connectivity index (χ0) is 17.7. The van der Waals surface area contributed by atoms with Gasteiger partial charge in [0.25, 0.3) is 0 Å². The largest absolute Gasteiger partial charge is 0.355 e. The molecule has 0 spiro atoms. The van der Waals surface area contributed by atoms with Crippen molar-refractivity contribution in [2.24, 2.45) is 0 Å². The topological polar surface area (TPSA) is 78.5 Å². The zero-order valence-electron chi connectivity index (χ0n) is 14.1. The number of hydrogen-bond acceptors (Lipinski definition) is 3. The van der Waals surface area contributed by atoms with Gasteiger partial charge in [0.2, 0.25) is 17.7 Å². The van der Waals surface area contributed by atoms with Crippen molar-refractivity contribution < 1.29 is 14.4 Å². The lowest BCUT2D eigenvalue weighted by Gasteiger charge is -2.15. The second-order valence-electron chi connectivity index (χ2n) is 5.85. The van der Waals surface area contributed by atoms with Crippen molar-refractivity contribution in [3.05, 3.63) is 42.0 Å². The number of carbonyl (C=O) groups is 3. The number of likely N-dealkylation sites (N-methyl/N-ethyl adjacent to an activating group) is 1. The number of anilines is 1. The van der Waals surface area contributed by atoms with Crippen LogP contribution in [0.3, 0.4) is 0 Å². The van der Waals surface area contributed by atoms with E-state index in [9.17, 15) is 14.4 Å². The normalized spacial score (nSPS) is 15.4. The standard InChI is InChI=1S/C18H23N3O3/c1-4-12-6-7-15-14(10-12)13(18(24)20-15)8-9-19-16(22)11-21(3)17(23)5-2/h5-7,10,13H,2,4,8-9,11H2,1,3H3,(H,19,22)(H,20,24). The van der Waals surface area contributed by atoms with E-state index in [4.69, 9.17) is 0 Å². The van der Waals surface area contributed by atoms with E-state index in [0.717, 1.165) is 17.7 Å². The minimum Gasteiger partial charge on any atom is -0.355 e. The number of nitrogens with zero attached hydrogens (tertiary/aromatic N) is 1. The van der Waals surface area contributed by atoms with Crippen molar-refractivity contribution in [2.45, 2.75) is 25.7 Å². The number of carbonyl (C=O) groups excluding carboxylic acids is 3. The van der Waals surface area contributed by atoms with E-state index in [2.05, 4.69) is 30.2 Å². The summed E-state index contributed by atoms with van der Waals surface area (Å²) >= 11 is 0. The lowest BCUT2D eigenvalue weighted by Crippen LogP contribution is -2.38. The number of aryl methyl sites for hydroxylation is 1. The number of hydrogen-bond donors (Lipinski definition) is 2. The Morgan fingerprint density at radius 2 is 2.17 bits per heavy atom. The van der Waals surface area contributed by atoms with Gasteiger partial charge in [0.15, 0.2) is 0 Å². The molecule has 0 aliphatic carbocycles. The molecule has 1 aromatic carbocycles. The fourth-order valence-corrected chi connectivity index (χ4v) is 2.74. The molecule has 1 unspecified atom stereocenters. The molecule has 0 aromatic heterocycles. The molecule has 0 radical (unpaired) electrons. The fraction of sp³-hybridized carbons (Fsp3) is 0.389. The third-order valence-corrected chi connectivity index (χ3v) is 4.16. The van der Waals surface area contributed by atoms with Gasteiger partial charge in [-0.15, -0.1) is 0 Å². The van der Waals surface area contributed by atoms with Crippen molar-refractivity contribution in [1.82, 2.24) is 10.2 Å². The Hall–Kier alpha value is -2.63. The number of benzene rings is 1. The first-order valence-electron chi connectivity index (χ1n) is 8.04. The zero-order valence-corrected chi connectivity index (χ0v) is 14.1. The Morgan fingerprint density at radius 1 is 1.42 bits per heavy atom. The van der Waals surface area contributed by atoms with E-state index in [1.54, 1.807) is 0 Å². The Morgan fingerprint density at radius 3 is 2.83 bits per heavy atom. The lowest BCUT2D eigenvalue weighted by atomic mass is 9.95. The molecule has 1 heterocycles. The van der Waals surface area contributed by atoms with Crippen LogP contribution in [-0.2, 0) is 20.8 Å². The summed E-state index contributed by atoms with van der Waals surface area (Å²) in [5.74, 6) is -0.847. The van der Waals surface area contributed by atoms with E-state index >= 15 is 0 Å². The molecule has 3 amide bonds. The third kappa shape index (κ3) is 4.01. The van der Waals surface area contributed by atoms with Gasteiger partial charge in [0.1, 0.15) is 0 Å². The average Bonchev–Trinajstić information content (AvgIpc) is 2.88. The minimum absolute atomic E-state index is 0.0295. The van der Waals surface area contributed by atoms with Crippen molar-refractivity contribution >= 4 is 23.4 Å². The molecule has 1 aliphatic rings. The molecule has 6 nitrogen and oxygen atoms in total. The van der Waals surface area contributed by atoms with Crippen LogP contribution in [0.2, 0.25) is 0 Å². The molecule has 128 valence electrons. The van der Waals surface area contributed by atoms with Crippen LogP contribution >= 0.6 is 0 Å². The van der Waals surface area contributed by atoms with E-state index in [0.29, 0.717) is 13.0 Å². The highest BCUT2D eigenvalue weighted by atomic mass is 16.2. The number of nitrogens with one attached hydrogen (secondary N) is 2. The maximum atomic E-state index is 12.1. The van der Waals surface area contributed by atoms with Crippen LogP contribution in [0.1, 0.15) is 30.4 Å². The van der Waals surface area contributed by atoms with E-state index in [1.165, 1.54) is 23.6 Å². The SMILES string of the molecule is C=CC(=O)N(C)CC(=O)NCCC1C(=O)Nc2ccc(CC)cc21. The molecule has 0 saturated heterocycles. The summed E-state index contributed by atoms with van der Waals surface area (Å²) < 4.78 is 0. The fourth-order valence-electron chi connectivity index (χ4n) is 2.74. The highest BCUT2D eigenvalue weighted by Crippen LogP contribution is 2.35. The Kier molecular flexibility index (Phi) is 5.73. The average molecular weight is 329 g/mol. The maximum Gasteiger partial charge on any atom is 0.246 e. The lowest BCUT2D eigenvalue weighted by molar-refractivity contribution is -0.131. The van der Waals surface area contributed by atoms with Gasteiger partial charge in [-0.3, -0.25) is 14.4 Å². The second kappa shape index (κ2) is 7.77. The van der Waals surface area contributed by atoms with Crippen molar-refractivity contribution in [2.75, 3.05) is 25.5 Å². The molecule has 24 heavy (non-hydrogen) atoms. The predicted octanol–water partition coefficient (Wildman–Crippen LogP) is 1.44. The summed E-state index contributed by atoms with van der Waals surface area (Å²) in [6.07, 6.45) is 2.60. The summed E-state index contributed by atoms with van der Waals surface area (Å²) in [5, 5.41) is 5.63. The molecular weight excluding hydrogens is 306 g/mol. The molecular formula is C18H23N3O3. The first kappa shape index (κ1) is 17.7. The summed E-state index contributed by atoms with van der Waals surface area (Å²) in [6, 6.07) is 5.99. The summed E-state index contributed by atoms with van der Waals surface area (Å²) in [4.78, 5) is 36.6. The van der Waals surface area contributed by atoms with Gasteiger partial charge in [-0.1, -0.05) is 25.6 Å². The molecule has 0 saturated carbocycles. The van der Waals surface area contributed by atoms with Gasteiger partial charge in [0, 0.05) is 19.3 Å². The molecule has 2 N–H and O–H groups in total. The first-order chi connectivity index (χ1) is 11.5. The Balaban J connectivity index is 1.89. The van der Waals surface area contributed by atoms with Crippen LogP contribution in [0.5, 0.6) is 0 Å². The molecule has 1 atom stereocenters. The van der Waals surface area contributed by atoms with Crippen LogP contribution in [0.15, 0.2) is 30.9 Å². The smallest absolute Gasteiger partial charge is 0.246 e. The van der Waals surface area contributed by atoms with Crippen molar-refractivity contribution in [1.29, 1.82) is 0 Å². The van der Waals surface area contributed by atoms with E-state index in [-0.39, 0.29) is 30.2 Å². The summed E-state index contributed by atoms with van der Waals surface area (Å²) in [7, 11) is 1.54. The van der Waals surface area contributed by atoms with Gasteiger partial charge >= 0.3 is 0 Å². The van der Waals surface area contributed by atoms with Crippen molar-refractivity contribution in [3.63, 3.8) is 0 Å². The Labute approximate surface area is 141 Å². The number of rotatable bonds is 7. The second-order valence-corrected chi connectivity index (χ2v) is 5.85. The number of fused-ring (bicyclic) bond motifs is 1. The highest BCUT2D eigenvalue weighted by Gasteiger charge is 2.30. The Bertz CT molecular complexity index is 669. The summed E-state index contributed by atoms with van der Waals surface area (Å²) in [6.45, 7) is 5.80. The summed E-state index contributed by atoms with van der Waals surface area (Å²) in [5.41, 5.74) is 3.03. The number of amides is 3.